The monoisotopic (exact) mass is 261 g/mol. The van der Waals surface area contributed by atoms with Crippen LogP contribution in [0.1, 0.15) is 16.7 Å². The average Bonchev–Trinajstić information content (AvgIpc) is 3.10. The number of aromatic nitrogens is 3. The maximum atomic E-state index is 4.14. The number of nitrogens with zero attached hydrogens (tertiary/aromatic N) is 1. The molecule has 20 heavy (non-hydrogen) atoms. The smallest absolute Gasteiger partial charge is 0.0685 e. The van der Waals surface area contributed by atoms with E-state index in [4.69, 9.17) is 0 Å². The number of benzene rings is 2. The highest BCUT2D eigenvalue weighted by Crippen LogP contribution is 2.25. The van der Waals surface area contributed by atoms with E-state index in [0.717, 1.165) is 11.9 Å². The van der Waals surface area contributed by atoms with Gasteiger partial charge in [0, 0.05) is 28.9 Å². The molecule has 2 N–H and O–H groups in total. The minimum atomic E-state index is 0.911. The van der Waals surface area contributed by atoms with Crippen LogP contribution in [0.5, 0.6) is 0 Å². The molecular formula is C17H15N3. The zero-order valence-electron chi connectivity index (χ0n) is 11.3. The Kier molecular flexibility index (Phi) is 2.39. The van der Waals surface area contributed by atoms with Crippen molar-refractivity contribution in [3.05, 3.63) is 65.5 Å². The van der Waals surface area contributed by atoms with Crippen LogP contribution in [-0.4, -0.2) is 15.2 Å². The number of fused-ring (bicyclic) bond motifs is 2. The molecule has 0 saturated carbocycles. The third kappa shape index (κ3) is 1.63. The second kappa shape index (κ2) is 4.23. The van der Waals surface area contributed by atoms with Crippen LogP contribution < -0.4 is 0 Å². The van der Waals surface area contributed by atoms with Crippen LogP contribution in [0.25, 0.3) is 21.8 Å². The van der Waals surface area contributed by atoms with E-state index < -0.39 is 0 Å². The maximum Gasteiger partial charge on any atom is 0.0685 e. The van der Waals surface area contributed by atoms with E-state index in [-0.39, 0.29) is 0 Å². The highest BCUT2D eigenvalue weighted by atomic mass is 15.1. The standard InChI is InChI=1S/C17H15N3/c1-11-5-6-12(15-7-8-18-16(11)15)9-13-3-2-4-14-10-19-20-17(13)14/h2-8,10,18H,9H2,1H3,(H,19,20). The topological polar surface area (TPSA) is 44.5 Å². The van der Waals surface area contributed by atoms with E-state index >= 15 is 0 Å². The van der Waals surface area contributed by atoms with Gasteiger partial charge in [-0.1, -0.05) is 30.3 Å². The molecule has 0 radical (unpaired) electrons. The summed E-state index contributed by atoms with van der Waals surface area (Å²) < 4.78 is 0. The fraction of sp³-hybridized carbons (Fsp3) is 0.118. The summed E-state index contributed by atoms with van der Waals surface area (Å²) in [4.78, 5) is 3.33. The Balaban J connectivity index is 1.87. The van der Waals surface area contributed by atoms with Crippen LogP contribution >= 0.6 is 0 Å². The first kappa shape index (κ1) is 11.3. The van der Waals surface area contributed by atoms with Gasteiger partial charge in [-0.05, 0) is 29.7 Å². The van der Waals surface area contributed by atoms with Gasteiger partial charge in [-0.25, -0.2) is 0 Å². The zero-order chi connectivity index (χ0) is 13.5. The van der Waals surface area contributed by atoms with E-state index in [1.165, 1.54) is 33.0 Å². The van der Waals surface area contributed by atoms with Crippen molar-refractivity contribution in [1.82, 2.24) is 15.2 Å². The first-order valence-corrected chi connectivity index (χ1v) is 6.79. The summed E-state index contributed by atoms with van der Waals surface area (Å²) >= 11 is 0. The molecule has 0 bridgehead atoms. The fourth-order valence-electron chi connectivity index (χ4n) is 2.90. The quantitative estimate of drug-likeness (QED) is 0.564. The summed E-state index contributed by atoms with van der Waals surface area (Å²) in [6.45, 7) is 2.14. The van der Waals surface area contributed by atoms with Crippen molar-refractivity contribution in [1.29, 1.82) is 0 Å². The third-order valence-corrected chi connectivity index (χ3v) is 3.97. The second-order valence-electron chi connectivity index (χ2n) is 5.24. The van der Waals surface area contributed by atoms with Gasteiger partial charge in [0.15, 0.2) is 0 Å². The summed E-state index contributed by atoms with van der Waals surface area (Å²) in [6, 6.07) is 12.9. The molecule has 3 heteroatoms. The lowest BCUT2D eigenvalue weighted by molar-refractivity contribution is 1.10. The first-order chi connectivity index (χ1) is 9.83. The van der Waals surface area contributed by atoms with Gasteiger partial charge in [0.1, 0.15) is 0 Å². The number of H-pyrrole nitrogens is 2. The Morgan fingerprint density at radius 2 is 1.95 bits per heavy atom. The van der Waals surface area contributed by atoms with E-state index in [1.807, 2.05) is 12.4 Å². The van der Waals surface area contributed by atoms with E-state index in [9.17, 15) is 0 Å². The summed E-state index contributed by atoms with van der Waals surface area (Å²) in [7, 11) is 0. The highest BCUT2D eigenvalue weighted by Gasteiger charge is 2.08. The molecule has 0 fully saturated rings. The Morgan fingerprint density at radius 1 is 1.00 bits per heavy atom. The molecule has 0 aliphatic heterocycles. The van der Waals surface area contributed by atoms with E-state index in [2.05, 4.69) is 58.5 Å². The molecule has 0 amide bonds. The van der Waals surface area contributed by atoms with Gasteiger partial charge in [-0.15, -0.1) is 0 Å². The van der Waals surface area contributed by atoms with Crippen molar-refractivity contribution in [2.45, 2.75) is 13.3 Å². The lowest BCUT2D eigenvalue weighted by Crippen LogP contribution is -1.91. The SMILES string of the molecule is Cc1ccc(Cc2cccc3cn[nH]c23)c2cc[nH]c12. The van der Waals surface area contributed by atoms with Gasteiger partial charge in [0.05, 0.1) is 11.7 Å². The van der Waals surface area contributed by atoms with E-state index in [0.29, 0.717) is 0 Å². The Labute approximate surface area is 116 Å². The van der Waals surface area contributed by atoms with Crippen LogP contribution in [0, 0.1) is 6.92 Å². The molecule has 0 saturated heterocycles. The van der Waals surface area contributed by atoms with Gasteiger partial charge in [-0.2, -0.15) is 5.10 Å². The van der Waals surface area contributed by atoms with Crippen molar-refractivity contribution in [3.8, 4) is 0 Å². The highest BCUT2D eigenvalue weighted by molar-refractivity contribution is 5.87. The predicted molar refractivity (Wildman–Crippen MR) is 81.9 cm³/mol. The molecule has 3 nitrogen and oxygen atoms in total. The van der Waals surface area contributed by atoms with Gasteiger partial charge in [-0.3, -0.25) is 5.10 Å². The molecule has 4 aromatic rings. The summed E-state index contributed by atoms with van der Waals surface area (Å²) in [5.74, 6) is 0. The molecule has 0 spiro atoms. The van der Waals surface area contributed by atoms with Crippen LogP contribution in [0.3, 0.4) is 0 Å². The summed E-state index contributed by atoms with van der Waals surface area (Å²) in [6.07, 6.45) is 4.80. The van der Waals surface area contributed by atoms with Crippen LogP contribution in [0.15, 0.2) is 48.8 Å². The minimum Gasteiger partial charge on any atom is -0.361 e. The lowest BCUT2D eigenvalue weighted by Gasteiger charge is -2.07. The van der Waals surface area contributed by atoms with Crippen molar-refractivity contribution < 1.29 is 0 Å². The molecule has 2 aromatic heterocycles. The van der Waals surface area contributed by atoms with E-state index in [1.54, 1.807) is 0 Å². The van der Waals surface area contributed by atoms with Crippen LogP contribution in [0.4, 0.5) is 0 Å². The van der Waals surface area contributed by atoms with Crippen molar-refractivity contribution in [2.75, 3.05) is 0 Å². The minimum absolute atomic E-state index is 0.911. The largest absolute Gasteiger partial charge is 0.361 e. The number of rotatable bonds is 2. The number of aromatic amines is 2. The van der Waals surface area contributed by atoms with Crippen LogP contribution in [-0.2, 0) is 6.42 Å². The predicted octanol–water partition coefficient (Wildman–Crippen LogP) is 3.94. The molecule has 0 aliphatic rings. The summed E-state index contributed by atoms with van der Waals surface area (Å²) in [5.41, 5.74) is 6.28. The van der Waals surface area contributed by atoms with Gasteiger partial charge >= 0.3 is 0 Å². The van der Waals surface area contributed by atoms with Crippen molar-refractivity contribution >= 4 is 21.8 Å². The molecule has 4 rings (SSSR count). The fourth-order valence-corrected chi connectivity index (χ4v) is 2.90. The zero-order valence-corrected chi connectivity index (χ0v) is 11.3. The van der Waals surface area contributed by atoms with Crippen molar-refractivity contribution in [2.24, 2.45) is 0 Å². The molecular weight excluding hydrogens is 246 g/mol. The average molecular weight is 261 g/mol. The Morgan fingerprint density at radius 3 is 2.90 bits per heavy atom. The molecule has 2 heterocycles. The molecule has 0 atom stereocenters. The molecule has 0 unspecified atom stereocenters. The molecule has 98 valence electrons. The normalized spacial score (nSPS) is 11.4. The Hall–Kier alpha value is -2.55. The third-order valence-electron chi connectivity index (χ3n) is 3.97. The van der Waals surface area contributed by atoms with Gasteiger partial charge < -0.3 is 4.98 Å². The maximum absolute atomic E-state index is 4.14. The lowest BCUT2D eigenvalue weighted by atomic mass is 9.98. The first-order valence-electron chi connectivity index (χ1n) is 6.79. The molecule has 0 aliphatic carbocycles. The number of nitrogens with one attached hydrogen (secondary N) is 2. The number of aryl methyl sites for hydroxylation is 1. The van der Waals surface area contributed by atoms with Gasteiger partial charge in [0.25, 0.3) is 0 Å². The van der Waals surface area contributed by atoms with Crippen LogP contribution in [0.2, 0.25) is 0 Å². The molecule has 2 aromatic carbocycles. The summed E-state index contributed by atoms with van der Waals surface area (Å²) in [5, 5.41) is 9.72. The number of para-hydroxylation sites is 1. The number of hydrogen-bond donors (Lipinski definition) is 2. The second-order valence-corrected chi connectivity index (χ2v) is 5.24. The van der Waals surface area contributed by atoms with Crippen molar-refractivity contribution in [3.63, 3.8) is 0 Å². The van der Waals surface area contributed by atoms with Gasteiger partial charge in [0.2, 0.25) is 0 Å². The number of hydrogen-bond acceptors (Lipinski definition) is 1. The Bertz CT molecular complexity index is 899.